The van der Waals surface area contributed by atoms with Crippen LogP contribution >= 0.6 is 0 Å². The van der Waals surface area contributed by atoms with Crippen LogP contribution in [-0.4, -0.2) is 45.5 Å². The van der Waals surface area contributed by atoms with Crippen molar-refractivity contribution in [3.8, 4) is 17.1 Å². The number of aliphatic hydroxyl groups is 1. The Morgan fingerprint density at radius 2 is 2.14 bits per heavy atom. The molecule has 120 valence electrons. The highest BCUT2D eigenvalue weighted by Gasteiger charge is 2.23. The molecular formula is C15H23N5O2. The molecule has 1 aromatic heterocycles. The normalized spacial score (nSPS) is 13.1. The van der Waals surface area contributed by atoms with Gasteiger partial charge in [0.05, 0.1) is 13.7 Å². The van der Waals surface area contributed by atoms with Gasteiger partial charge in [0.15, 0.2) is 0 Å². The second-order valence-corrected chi connectivity index (χ2v) is 6.24. The molecule has 1 heterocycles. The minimum absolute atomic E-state index is 0.00842. The second-order valence-electron chi connectivity index (χ2n) is 6.24. The molecule has 3 N–H and O–H groups in total. The third-order valence-electron chi connectivity index (χ3n) is 3.66. The van der Waals surface area contributed by atoms with Crippen LogP contribution in [0.4, 0.5) is 0 Å². The Hall–Kier alpha value is -1.99. The molecule has 2 aromatic rings. The molecule has 1 aromatic carbocycles. The van der Waals surface area contributed by atoms with Crippen molar-refractivity contribution in [2.45, 2.75) is 33.4 Å². The summed E-state index contributed by atoms with van der Waals surface area (Å²) >= 11 is 0. The maximum Gasteiger partial charge on any atom is 0.204 e. The standard InChI is InChI=1S/C15H23N5O2/c1-15(2,3)13(9-21)16-8-11-6-5-10(7-12(11)22-4)14-17-19-20-18-14/h5-7,13,16,21H,8-9H2,1-4H3,(H,17,18,19,20). The maximum absolute atomic E-state index is 9.51. The summed E-state index contributed by atoms with van der Waals surface area (Å²) in [5, 5.41) is 26.8. The predicted octanol–water partition coefficient (Wildman–Crippen LogP) is 1.37. The quantitative estimate of drug-likeness (QED) is 0.746. The Morgan fingerprint density at radius 3 is 2.68 bits per heavy atom. The number of hydrogen-bond acceptors (Lipinski definition) is 6. The van der Waals surface area contributed by atoms with Crippen LogP contribution in [0, 0.1) is 5.41 Å². The largest absolute Gasteiger partial charge is 0.496 e. The summed E-state index contributed by atoms with van der Waals surface area (Å²) in [7, 11) is 1.63. The maximum atomic E-state index is 9.51. The zero-order valence-corrected chi connectivity index (χ0v) is 13.4. The van der Waals surface area contributed by atoms with Crippen molar-refractivity contribution in [1.82, 2.24) is 25.9 Å². The Morgan fingerprint density at radius 1 is 1.36 bits per heavy atom. The molecule has 0 radical (unpaired) electrons. The van der Waals surface area contributed by atoms with E-state index in [1.165, 1.54) is 0 Å². The lowest BCUT2D eigenvalue weighted by Gasteiger charge is -2.30. The van der Waals surface area contributed by atoms with E-state index in [1.807, 2.05) is 18.2 Å². The number of ether oxygens (including phenoxy) is 1. The first-order valence-corrected chi connectivity index (χ1v) is 7.20. The first-order chi connectivity index (χ1) is 10.5. The topological polar surface area (TPSA) is 96.0 Å². The number of aliphatic hydroxyl groups excluding tert-OH is 1. The van der Waals surface area contributed by atoms with Crippen molar-refractivity contribution in [2.24, 2.45) is 5.41 Å². The van der Waals surface area contributed by atoms with E-state index in [4.69, 9.17) is 4.74 Å². The molecule has 0 aliphatic heterocycles. The van der Waals surface area contributed by atoms with Crippen LogP contribution in [-0.2, 0) is 6.54 Å². The molecule has 2 rings (SSSR count). The van der Waals surface area contributed by atoms with Gasteiger partial charge in [-0.05, 0) is 16.7 Å². The molecule has 0 bridgehead atoms. The summed E-state index contributed by atoms with van der Waals surface area (Å²) in [6, 6.07) is 5.78. The van der Waals surface area contributed by atoms with E-state index in [0.29, 0.717) is 12.4 Å². The highest BCUT2D eigenvalue weighted by molar-refractivity contribution is 5.58. The average molecular weight is 305 g/mol. The molecule has 0 spiro atoms. The predicted molar refractivity (Wildman–Crippen MR) is 83.3 cm³/mol. The van der Waals surface area contributed by atoms with Gasteiger partial charge in [-0.2, -0.15) is 5.21 Å². The zero-order chi connectivity index (χ0) is 16.2. The number of nitrogens with zero attached hydrogens (tertiary/aromatic N) is 3. The molecule has 22 heavy (non-hydrogen) atoms. The third kappa shape index (κ3) is 3.80. The number of tetrazole rings is 1. The van der Waals surface area contributed by atoms with Gasteiger partial charge in [-0.15, -0.1) is 10.2 Å². The molecule has 7 nitrogen and oxygen atoms in total. The highest BCUT2D eigenvalue weighted by atomic mass is 16.5. The van der Waals surface area contributed by atoms with Crippen LogP contribution in [0.5, 0.6) is 5.75 Å². The summed E-state index contributed by atoms with van der Waals surface area (Å²) in [4.78, 5) is 0. The molecular weight excluding hydrogens is 282 g/mol. The average Bonchev–Trinajstić information content (AvgIpc) is 3.00. The molecule has 0 fully saturated rings. The van der Waals surface area contributed by atoms with Crippen molar-refractivity contribution in [3.63, 3.8) is 0 Å². The van der Waals surface area contributed by atoms with Gasteiger partial charge in [0, 0.05) is 23.7 Å². The van der Waals surface area contributed by atoms with E-state index >= 15 is 0 Å². The van der Waals surface area contributed by atoms with Crippen LogP contribution in [0.3, 0.4) is 0 Å². The second kappa shape index (κ2) is 6.85. The molecule has 1 atom stereocenters. The van der Waals surface area contributed by atoms with E-state index in [2.05, 4.69) is 46.7 Å². The van der Waals surface area contributed by atoms with Crippen molar-refractivity contribution in [3.05, 3.63) is 23.8 Å². The molecule has 0 saturated carbocycles. The van der Waals surface area contributed by atoms with Gasteiger partial charge < -0.3 is 15.2 Å². The van der Waals surface area contributed by atoms with E-state index in [1.54, 1.807) is 7.11 Å². The Kier molecular flexibility index (Phi) is 5.10. The number of methoxy groups -OCH3 is 1. The summed E-state index contributed by atoms with van der Waals surface area (Å²) in [6.07, 6.45) is 0. The number of aromatic amines is 1. The van der Waals surface area contributed by atoms with Crippen LogP contribution in [0.1, 0.15) is 26.3 Å². The van der Waals surface area contributed by atoms with Crippen molar-refractivity contribution in [2.75, 3.05) is 13.7 Å². The number of H-pyrrole nitrogens is 1. The fraction of sp³-hybridized carbons (Fsp3) is 0.533. The van der Waals surface area contributed by atoms with Crippen molar-refractivity contribution < 1.29 is 9.84 Å². The van der Waals surface area contributed by atoms with Gasteiger partial charge in [0.1, 0.15) is 5.75 Å². The van der Waals surface area contributed by atoms with Gasteiger partial charge >= 0.3 is 0 Å². The summed E-state index contributed by atoms with van der Waals surface area (Å²) < 4.78 is 5.45. The molecule has 0 aliphatic carbocycles. The fourth-order valence-electron chi connectivity index (χ4n) is 2.19. The Bertz CT molecular complexity index is 592. The molecule has 0 saturated heterocycles. The minimum atomic E-state index is -0.0213. The minimum Gasteiger partial charge on any atom is -0.496 e. The van der Waals surface area contributed by atoms with Gasteiger partial charge in [-0.3, -0.25) is 0 Å². The summed E-state index contributed by atoms with van der Waals surface area (Å²) in [6.45, 7) is 6.98. The SMILES string of the molecule is COc1cc(-c2nn[nH]n2)ccc1CNC(CO)C(C)(C)C. The first-order valence-electron chi connectivity index (χ1n) is 7.20. The van der Waals surface area contributed by atoms with Crippen LogP contribution in [0.25, 0.3) is 11.4 Å². The van der Waals surface area contributed by atoms with Gasteiger partial charge in [0.25, 0.3) is 0 Å². The number of hydrogen-bond donors (Lipinski definition) is 3. The van der Waals surface area contributed by atoms with E-state index in [9.17, 15) is 5.11 Å². The first kappa shape index (κ1) is 16.4. The van der Waals surface area contributed by atoms with E-state index < -0.39 is 0 Å². The molecule has 0 amide bonds. The van der Waals surface area contributed by atoms with Crippen molar-refractivity contribution in [1.29, 1.82) is 0 Å². The zero-order valence-electron chi connectivity index (χ0n) is 13.4. The van der Waals surface area contributed by atoms with Crippen LogP contribution in [0.15, 0.2) is 18.2 Å². The van der Waals surface area contributed by atoms with Crippen LogP contribution in [0.2, 0.25) is 0 Å². The monoisotopic (exact) mass is 305 g/mol. The smallest absolute Gasteiger partial charge is 0.204 e. The number of rotatable bonds is 6. The highest BCUT2D eigenvalue weighted by Crippen LogP contribution is 2.26. The molecule has 0 aliphatic rings. The van der Waals surface area contributed by atoms with Crippen LogP contribution < -0.4 is 10.1 Å². The summed E-state index contributed by atoms with van der Waals surface area (Å²) in [5.41, 5.74) is 1.83. The van der Waals surface area contributed by atoms with Crippen molar-refractivity contribution >= 4 is 0 Å². The molecule has 1 unspecified atom stereocenters. The van der Waals surface area contributed by atoms with E-state index in [-0.39, 0.29) is 18.1 Å². The number of aromatic nitrogens is 4. The number of benzene rings is 1. The third-order valence-corrected chi connectivity index (χ3v) is 3.66. The number of nitrogens with one attached hydrogen (secondary N) is 2. The Labute approximate surface area is 130 Å². The van der Waals surface area contributed by atoms with Gasteiger partial charge in [0.2, 0.25) is 5.82 Å². The van der Waals surface area contributed by atoms with E-state index in [0.717, 1.165) is 16.9 Å². The molecule has 7 heteroatoms. The lowest BCUT2D eigenvalue weighted by atomic mass is 9.87. The van der Waals surface area contributed by atoms with Gasteiger partial charge in [-0.1, -0.05) is 32.9 Å². The lowest BCUT2D eigenvalue weighted by molar-refractivity contribution is 0.157. The van der Waals surface area contributed by atoms with Gasteiger partial charge in [-0.25, -0.2) is 0 Å². The Balaban J connectivity index is 2.14. The summed E-state index contributed by atoms with van der Waals surface area (Å²) in [5.74, 6) is 1.28. The lowest BCUT2D eigenvalue weighted by Crippen LogP contribution is -2.42. The fourth-order valence-corrected chi connectivity index (χ4v) is 2.19.